The SMILES string of the molecule is CC(C)(C)CC(O)CN1CCCCS1(=O)=O. The van der Waals surface area contributed by atoms with Crippen LogP contribution in [-0.4, -0.2) is 42.8 Å². The summed E-state index contributed by atoms with van der Waals surface area (Å²) in [4.78, 5) is 0. The second kappa shape index (κ2) is 5.02. The molecule has 0 radical (unpaired) electrons. The first-order valence-corrected chi connectivity index (χ1v) is 7.47. The minimum atomic E-state index is -3.10. The Kier molecular flexibility index (Phi) is 4.37. The summed E-state index contributed by atoms with van der Waals surface area (Å²) in [6.45, 7) is 6.94. The van der Waals surface area contributed by atoms with Crippen LogP contribution in [0.15, 0.2) is 0 Å². The van der Waals surface area contributed by atoms with Crippen molar-refractivity contribution in [2.45, 2.75) is 46.1 Å². The van der Waals surface area contributed by atoms with Crippen LogP contribution in [0.25, 0.3) is 0 Å². The van der Waals surface area contributed by atoms with Crippen LogP contribution in [0, 0.1) is 5.41 Å². The Morgan fingerprint density at radius 3 is 2.44 bits per heavy atom. The molecule has 0 spiro atoms. The topological polar surface area (TPSA) is 57.6 Å². The zero-order valence-electron chi connectivity index (χ0n) is 10.4. The standard InChI is InChI=1S/C11H23NO3S/c1-11(2,3)8-10(13)9-12-6-4-5-7-16(12,14)15/h10,13H,4-9H2,1-3H3. The minimum absolute atomic E-state index is 0.0268. The van der Waals surface area contributed by atoms with E-state index < -0.39 is 16.1 Å². The van der Waals surface area contributed by atoms with Gasteiger partial charge in [0.2, 0.25) is 10.0 Å². The second-order valence-corrected chi connectivity index (χ2v) is 7.89. The lowest BCUT2D eigenvalue weighted by molar-refractivity contribution is 0.0991. The summed E-state index contributed by atoms with van der Waals surface area (Å²) in [5.74, 6) is 0.231. The van der Waals surface area contributed by atoms with E-state index in [4.69, 9.17) is 0 Å². The van der Waals surface area contributed by atoms with Crippen molar-refractivity contribution in [2.24, 2.45) is 5.41 Å². The van der Waals surface area contributed by atoms with Gasteiger partial charge >= 0.3 is 0 Å². The molecule has 0 aromatic carbocycles. The molecule has 4 nitrogen and oxygen atoms in total. The zero-order chi connectivity index (χ0) is 12.4. The van der Waals surface area contributed by atoms with Crippen molar-refractivity contribution in [3.8, 4) is 0 Å². The van der Waals surface area contributed by atoms with Gasteiger partial charge in [-0.2, -0.15) is 4.31 Å². The monoisotopic (exact) mass is 249 g/mol. The van der Waals surface area contributed by atoms with Crippen LogP contribution in [0.4, 0.5) is 0 Å². The largest absolute Gasteiger partial charge is 0.392 e. The van der Waals surface area contributed by atoms with Crippen LogP contribution in [-0.2, 0) is 10.0 Å². The van der Waals surface area contributed by atoms with Crippen molar-refractivity contribution in [3.63, 3.8) is 0 Å². The third-order valence-corrected chi connectivity index (χ3v) is 4.64. The van der Waals surface area contributed by atoms with Crippen LogP contribution >= 0.6 is 0 Å². The van der Waals surface area contributed by atoms with Crippen molar-refractivity contribution < 1.29 is 13.5 Å². The Balaban J connectivity index is 2.53. The minimum Gasteiger partial charge on any atom is -0.392 e. The molecule has 1 unspecified atom stereocenters. The van der Waals surface area contributed by atoms with Crippen LogP contribution in [0.3, 0.4) is 0 Å². The van der Waals surface area contributed by atoms with Crippen LogP contribution in [0.1, 0.15) is 40.0 Å². The summed E-state index contributed by atoms with van der Waals surface area (Å²) in [6, 6.07) is 0. The molecular formula is C11H23NO3S. The van der Waals surface area contributed by atoms with E-state index >= 15 is 0 Å². The Labute approximate surface area is 98.7 Å². The molecule has 1 rings (SSSR count). The first-order chi connectivity index (χ1) is 7.21. The molecule has 1 atom stereocenters. The number of hydrogen-bond acceptors (Lipinski definition) is 3. The fourth-order valence-corrected chi connectivity index (χ4v) is 3.69. The summed E-state index contributed by atoms with van der Waals surface area (Å²) in [6.07, 6.45) is 1.71. The van der Waals surface area contributed by atoms with Crippen molar-refractivity contribution >= 4 is 10.0 Å². The average Bonchev–Trinajstić information content (AvgIpc) is 2.05. The molecule has 0 bridgehead atoms. The molecule has 1 fully saturated rings. The van der Waals surface area contributed by atoms with E-state index in [0.29, 0.717) is 13.0 Å². The van der Waals surface area contributed by atoms with Gasteiger partial charge in [0.05, 0.1) is 11.9 Å². The third kappa shape index (κ3) is 4.39. The number of aliphatic hydroxyl groups excluding tert-OH is 1. The van der Waals surface area contributed by atoms with Gasteiger partial charge in [0.1, 0.15) is 0 Å². The maximum atomic E-state index is 11.7. The van der Waals surface area contributed by atoms with Gasteiger partial charge < -0.3 is 5.11 Å². The van der Waals surface area contributed by atoms with Crippen LogP contribution in [0.5, 0.6) is 0 Å². The van der Waals surface area contributed by atoms with E-state index in [-0.39, 0.29) is 17.7 Å². The Hall–Kier alpha value is -0.130. The van der Waals surface area contributed by atoms with Gasteiger partial charge in [0.15, 0.2) is 0 Å². The Bertz CT molecular complexity index is 319. The molecule has 0 saturated carbocycles. The maximum absolute atomic E-state index is 11.7. The summed E-state index contributed by atoms with van der Waals surface area (Å²) in [5, 5.41) is 9.86. The highest BCUT2D eigenvalue weighted by Crippen LogP contribution is 2.22. The van der Waals surface area contributed by atoms with Gasteiger partial charge in [-0.05, 0) is 24.7 Å². The molecule has 5 heteroatoms. The number of hydrogen-bond donors (Lipinski definition) is 1. The first-order valence-electron chi connectivity index (χ1n) is 5.87. The predicted molar refractivity (Wildman–Crippen MR) is 64.7 cm³/mol. The van der Waals surface area contributed by atoms with Gasteiger partial charge in [-0.25, -0.2) is 8.42 Å². The van der Waals surface area contributed by atoms with E-state index in [9.17, 15) is 13.5 Å². The molecule has 0 aliphatic carbocycles. The molecule has 1 aliphatic heterocycles. The van der Waals surface area contributed by atoms with E-state index in [2.05, 4.69) is 0 Å². The van der Waals surface area contributed by atoms with E-state index in [1.807, 2.05) is 20.8 Å². The van der Waals surface area contributed by atoms with Crippen molar-refractivity contribution in [1.82, 2.24) is 4.31 Å². The van der Waals surface area contributed by atoms with Gasteiger partial charge in [0.25, 0.3) is 0 Å². The second-order valence-electron chi connectivity index (χ2n) is 5.80. The molecule has 16 heavy (non-hydrogen) atoms. The van der Waals surface area contributed by atoms with Gasteiger partial charge in [-0.1, -0.05) is 20.8 Å². The van der Waals surface area contributed by atoms with Gasteiger partial charge in [-0.15, -0.1) is 0 Å². The highest BCUT2D eigenvalue weighted by molar-refractivity contribution is 7.89. The lowest BCUT2D eigenvalue weighted by atomic mass is 9.89. The Morgan fingerprint density at radius 2 is 1.94 bits per heavy atom. The smallest absolute Gasteiger partial charge is 0.214 e. The Morgan fingerprint density at radius 1 is 1.31 bits per heavy atom. The van der Waals surface area contributed by atoms with Crippen molar-refractivity contribution in [2.75, 3.05) is 18.8 Å². The lowest BCUT2D eigenvalue weighted by Gasteiger charge is -2.30. The van der Waals surface area contributed by atoms with Crippen LogP contribution < -0.4 is 0 Å². The van der Waals surface area contributed by atoms with E-state index in [0.717, 1.165) is 12.8 Å². The van der Waals surface area contributed by atoms with Crippen molar-refractivity contribution in [1.29, 1.82) is 0 Å². The summed E-state index contributed by atoms with van der Waals surface area (Å²) >= 11 is 0. The molecule has 0 aromatic heterocycles. The highest BCUT2D eigenvalue weighted by Gasteiger charge is 2.28. The average molecular weight is 249 g/mol. The molecule has 0 amide bonds. The maximum Gasteiger partial charge on any atom is 0.214 e. The van der Waals surface area contributed by atoms with Gasteiger partial charge in [-0.3, -0.25) is 0 Å². The van der Waals surface area contributed by atoms with E-state index in [1.165, 1.54) is 4.31 Å². The zero-order valence-corrected chi connectivity index (χ0v) is 11.3. The molecule has 96 valence electrons. The fraction of sp³-hybridized carbons (Fsp3) is 1.00. The molecule has 1 aliphatic rings. The highest BCUT2D eigenvalue weighted by atomic mass is 32.2. The number of nitrogens with zero attached hydrogens (tertiary/aromatic N) is 1. The quantitative estimate of drug-likeness (QED) is 0.818. The fourth-order valence-electron chi connectivity index (χ4n) is 2.05. The van der Waals surface area contributed by atoms with Crippen LogP contribution in [0.2, 0.25) is 0 Å². The lowest BCUT2D eigenvalue weighted by Crippen LogP contribution is -2.43. The molecule has 0 aromatic rings. The molecular weight excluding hydrogens is 226 g/mol. The number of aliphatic hydroxyl groups is 1. The van der Waals surface area contributed by atoms with Gasteiger partial charge in [0, 0.05) is 13.1 Å². The molecule has 1 N–H and O–H groups in total. The van der Waals surface area contributed by atoms with E-state index in [1.54, 1.807) is 0 Å². The number of rotatable bonds is 3. The predicted octanol–water partition coefficient (Wildman–Crippen LogP) is 1.21. The molecule has 1 saturated heterocycles. The normalized spacial score (nSPS) is 24.2. The summed E-state index contributed by atoms with van der Waals surface area (Å²) in [5.41, 5.74) is 0.0268. The third-order valence-electron chi connectivity index (χ3n) is 2.72. The summed E-state index contributed by atoms with van der Waals surface area (Å²) < 4.78 is 24.8. The number of sulfonamides is 1. The van der Waals surface area contributed by atoms with Crippen molar-refractivity contribution in [3.05, 3.63) is 0 Å². The first kappa shape index (κ1) is 13.9. The number of β-amino-alcohol motifs (C(OH)–C–C–N with tert-alkyl or cyclic N) is 1. The molecule has 1 heterocycles. The summed E-state index contributed by atoms with van der Waals surface area (Å²) in [7, 11) is -3.10.